The van der Waals surface area contributed by atoms with Gasteiger partial charge in [-0.3, -0.25) is 0 Å². The minimum absolute atomic E-state index is 0.0537. The molecule has 5 heteroatoms. The first-order valence-corrected chi connectivity index (χ1v) is 13.1. The highest BCUT2D eigenvalue weighted by Gasteiger charge is 2.42. The molecule has 0 saturated heterocycles. The molecule has 2 aliphatic rings. The van der Waals surface area contributed by atoms with Crippen molar-refractivity contribution in [2.45, 2.75) is 72.1 Å². The van der Waals surface area contributed by atoms with Crippen molar-refractivity contribution < 1.29 is 4.42 Å². The first-order chi connectivity index (χ1) is 16.0. The molecule has 2 aromatic carbocycles. The Labute approximate surface area is 204 Å². The van der Waals surface area contributed by atoms with Crippen molar-refractivity contribution in [3.63, 3.8) is 0 Å². The van der Waals surface area contributed by atoms with E-state index in [2.05, 4.69) is 71.6 Å². The van der Waals surface area contributed by atoms with Gasteiger partial charge in [0.05, 0.1) is 15.8 Å². The Morgan fingerprint density at radius 1 is 1.00 bits per heavy atom. The molecule has 34 heavy (non-hydrogen) atoms. The number of rotatable bonds is 1. The predicted octanol–water partition coefficient (Wildman–Crippen LogP) is 7.16. The molecule has 0 unspecified atom stereocenters. The molecule has 2 aromatic heterocycles. The average molecular weight is 473 g/mol. The third kappa shape index (κ3) is 2.95. The van der Waals surface area contributed by atoms with E-state index in [1.54, 1.807) is 11.3 Å². The molecule has 2 aliphatic heterocycles. The fourth-order valence-corrected chi connectivity index (χ4v) is 7.20. The van der Waals surface area contributed by atoms with Crippen LogP contribution in [0.2, 0.25) is 0 Å². The highest BCUT2D eigenvalue weighted by atomic mass is 32.1. The molecule has 4 heterocycles. The summed E-state index contributed by atoms with van der Waals surface area (Å²) in [7, 11) is 0. The van der Waals surface area contributed by atoms with Gasteiger partial charge in [0, 0.05) is 29.7 Å². The third-order valence-corrected chi connectivity index (χ3v) is 9.42. The van der Waals surface area contributed by atoms with Gasteiger partial charge in [-0.05, 0) is 78.8 Å². The lowest BCUT2D eigenvalue weighted by Gasteiger charge is -2.48. The molecule has 4 nitrogen and oxygen atoms in total. The smallest absolute Gasteiger partial charge is 0.346 e. The Kier molecular flexibility index (Phi) is 4.46. The van der Waals surface area contributed by atoms with Crippen LogP contribution in [0.1, 0.15) is 68.4 Å². The second kappa shape index (κ2) is 6.94. The third-order valence-electron chi connectivity index (χ3n) is 8.20. The monoisotopic (exact) mass is 472 g/mol. The zero-order chi connectivity index (χ0) is 24.2. The van der Waals surface area contributed by atoms with Crippen LogP contribution in [0.25, 0.3) is 31.8 Å². The molecule has 0 fully saturated rings. The number of nitrogens with zero attached hydrogens (tertiary/aromatic N) is 2. The minimum Gasteiger partial charge on any atom is -0.422 e. The highest BCUT2D eigenvalue weighted by Crippen LogP contribution is 2.52. The van der Waals surface area contributed by atoms with Crippen molar-refractivity contribution in [1.29, 1.82) is 0 Å². The summed E-state index contributed by atoms with van der Waals surface area (Å²) in [5.41, 5.74) is 9.34. The molecule has 176 valence electrons. The van der Waals surface area contributed by atoms with Gasteiger partial charge in [0.15, 0.2) is 0 Å². The van der Waals surface area contributed by atoms with Gasteiger partial charge in [0.25, 0.3) is 0 Å². The summed E-state index contributed by atoms with van der Waals surface area (Å²) in [6.45, 7) is 17.7. The quantitative estimate of drug-likeness (QED) is 0.276. The van der Waals surface area contributed by atoms with Crippen molar-refractivity contribution in [2.75, 3.05) is 18.0 Å². The Morgan fingerprint density at radius 3 is 2.44 bits per heavy atom. The standard InChI is InChI=1S/C29H32N2O2S/c1-15-12-16(2)25-20(13-15)30-26(34-25)21-17(3)18-14-19-23-22(24(18)33-27(21)32)29(6,7)9-11-31(23)10-8-28(19,4)5/h12-14H,8-11H2,1-7H3. The maximum Gasteiger partial charge on any atom is 0.346 e. The predicted molar refractivity (Wildman–Crippen MR) is 143 cm³/mol. The molecule has 4 aromatic rings. The second-order valence-electron chi connectivity index (χ2n) is 11.6. The van der Waals surface area contributed by atoms with E-state index in [1.807, 2.05) is 0 Å². The van der Waals surface area contributed by atoms with Crippen LogP contribution >= 0.6 is 11.3 Å². The highest BCUT2D eigenvalue weighted by molar-refractivity contribution is 7.21. The minimum atomic E-state index is -0.280. The van der Waals surface area contributed by atoms with Gasteiger partial charge in [0.1, 0.15) is 10.6 Å². The Morgan fingerprint density at radius 2 is 1.71 bits per heavy atom. The number of aromatic nitrogens is 1. The topological polar surface area (TPSA) is 46.3 Å². The lowest BCUT2D eigenvalue weighted by atomic mass is 9.69. The van der Waals surface area contributed by atoms with E-state index in [-0.39, 0.29) is 16.5 Å². The fraction of sp³-hybridized carbons (Fsp3) is 0.448. The van der Waals surface area contributed by atoms with Gasteiger partial charge in [-0.2, -0.15) is 0 Å². The molecule has 0 saturated carbocycles. The molecule has 0 atom stereocenters. The summed E-state index contributed by atoms with van der Waals surface area (Å²) in [5.74, 6) is 0. The van der Waals surface area contributed by atoms with Crippen LogP contribution in [0.15, 0.2) is 27.4 Å². The summed E-state index contributed by atoms with van der Waals surface area (Å²) >= 11 is 1.59. The lowest BCUT2D eigenvalue weighted by Crippen LogP contribution is -2.44. The zero-order valence-corrected chi connectivity index (χ0v) is 22.0. The maximum absolute atomic E-state index is 13.5. The van der Waals surface area contributed by atoms with Crippen LogP contribution < -0.4 is 10.5 Å². The fourth-order valence-electron chi connectivity index (χ4n) is 6.10. The molecular weight excluding hydrogens is 440 g/mol. The van der Waals surface area contributed by atoms with Gasteiger partial charge in [-0.1, -0.05) is 33.8 Å². The van der Waals surface area contributed by atoms with E-state index in [4.69, 9.17) is 9.40 Å². The summed E-state index contributed by atoms with van der Waals surface area (Å²) in [4.78, 5) is 21.0. The van der Waals surface area contributed by atoms with E-state index in [0.29, 0.717) is 5.56 Å². The van der Waals surface area contributed by atoms with Crippen LogP contribution in [0, 0.1) is 20.8 Å². The van der Waals surface area contributed by atoms with Crippen LogP contribution in [0.4, 0.5) is 5.69 Å². The Balaban J connectivity index is 1.71. The number of thiazole rings is 1. The van der Waals surface area contributed by atoms with Gasteiger partial charge in [-0.25, -0.2) is 9.78 Å². The van der Waals surface area contributed by atoms with Crippen molar-refractivity contribution in [1.82, 2.24) is 4.98 Å². The average Bonchev–Trinajstić information content (AvgIpc) is 3.15. The molecule has 0 bridgehead atoms. The van der Waals surface area contributed by atoms with Crippen molar-refractivity contribution in [2.24, 2.45) is 0 Å². The summed E-state index contributed by atoms with van der Waals surface area (Å²) in [5, 5.41) is 1.81. The zero-order valence-electron chi connectivity index (χ0n) is 21.2. The second-order valence-corrected chi connectivity index (χ2v) is 12.6. The van der Waals surface area contributed by atoms with Crippen molar-refractivity contribution in [3.05, 3.63) is 56.4 Å². The van der Waals surface area contributed by atoms with E-state index in [9.17, 15) is 4.79 Å². The number of hydrogen-bond donors (Lipinski definition) is 0. The van der Waals surface area contributed by atoms with E-state index < -0.39 is 0 Å². The SMILES string of the molecule is Cc1cc(C)c2sc(-c3c(C)c4cc5c6c(c4oc3=O)C(C)(C)CCN6CCC5(C)C)nc2c1. The summed E-state index contributed by atoms with van der Waals surface area (Å²) in [6.07, 6.45) is 2.19. The number of hydrogen-bond acceptors (Lipinski definition) is 5. The summed E-state index contributed by atoms with van der Waals surface area (Å²) in [6, 6.07) is 6.58. The van der Waals surface area contributed by atoms with Gasteiger partial charge < -0.3 is 9.32 Å². The van der Waals surface area contributed by atoms with Gasteiger partial charge in [-0.15, -0.1) is 11.3 Å². The lowest BCUT2D eigenvalue weighted by molar-refractivity contribution is 0.398. The number of fused-ring (bicyclic) bond motifs is 3. The van der Waals surface area contributed by atoms with Crippen molar-refractivity contribution >= 4 is 38.2 Å². The van der Waals surface area contributed by atoms with Crippen molar-refractivity contribution in [3.8, 4) is 10.6 Å². The van der Waals surface area contributed by atoms with Gasteiger partial charge >= 0.3 is 5.63 Å². The van der Waals surface area contributed by atoms with Crippen LogP contribution in [-0.4, -0.2) is 18.1 Å². The van der Waals surface area contributed by atoms with Crippen LogP contribution in [-0.2, 0) is 10.8 Å². The van der Waals surface area contributed by atoms with Crippen LogP contribution in [0.3, 0.4) is 0 Å². The normalized spacial score (nSPS) is 18.5. The van der Waals surface area contributed by atoms with Crippen LogP contribution in [0.5, 0.6) is 0 Å². The molecular formula is C29H32N2O2S. The first kappa shape index (κ1) is 21.8. The molecule has 0 spiro atoms. The van der Waals surface area contributed by atoms with E-state index in [1.165, 1.54) is 27.9 Å². The van der Waals surface area contributed by atoms with Gasteiger partial charge in [0.2, 0.25) is 0 Å². The molecule has 6 rings (SSSR count). The first-order valence-electron chi connectivity index (χ1n) is 12.3. The molecule has 0 radical (unpaired) electrons. The summed E-state index contributed by atoms with van der Waals surface area (Å²) < 4.78 is 7.37. The Bertz CT molecular complexity index is 1570. The Hall–Kier alpha value is -2.66. The number of aryl methyl sites for hydroxylation is 3. The number of anilines is 1. The number of benzene rings is 2. The van der Waals surface area contributed by atoms with E-state index >= 15 is 0 Å². The largest absolute Gasteiger partial charge is 0.422 e. The molecule has 0 aliphatic carbocycles. The molecule has 0 N–H and O–H groups in total. The maximum atomic E-state index is 13.5. The molecule has 0 amide bonds. The van der Waals surface area contributed by atoms with E-state index in [0.717, 1.165) is 57.7 Å².